The van der Waals surface area contributed by atoms with Crippen LogP contribution < -0.4 is 0 Å². The number of hydrogen-bond acceptors (Lipinski definition) is 3. The van der Waals surface area contributed by atoms with E-state index in [4.69, 9.17) is 0 Å². The number of Topliss-reactive ketones (excluding diaryl/α,β-unsaturated/α-hetero) is 1. The van der Waals surface area contributed by atoms with Crippen LogP contribution in [0.5, 0.6) is 0 Å². The second-order valence-corrected chi connectivity index (χ2v) is 6.91. The fourth-order valence-electron chi connectivity index (χ4n) is 3.05. The Balaban J connectivity index is 1.44. The minimum absolute atomic E-state index is 0.309. The molecule has 0 amide bonds. The maximum atomic E-state index is 12.0. The second-order valence-electron chi connectivity index (χ2n) is 5.87. The third kappa shape index (κ3) is 4.03. The third-order valence-electron chi connectivity index (χ3n) is 4.20. The van der Waals surface area contributed by atoms with E-state index in [9.17, 15) is 4.79 Å². The van der Waals surface area contributed by atoms with Gasteiger partial charge in [0.1, 0.15) is 5.78 Å². The summed E-state index contributed by atoms with van der Waals surface area (Å²) in [5.41, 5.74) is 0.933. The average molecular weight is 302 g/mol. The highest BCUT2D eigenvalue weighted by atomic mass is 32.1. The number of thiophene rings is 1. The molecular formula is C17H22N2OS. The van der Waals surface area contributed by atoms with Gasteiger partial charge in [-0.05, 0) is 43.2 Å². The molecule has 0 aliphatic heterocycles. The van der Waals surface area contributed by atoms with Crippen LogP contribution in [0.1, 0.15) is 55.1 Å². The van der Waals surface area contributed by atoms with Crippen LogP contribution in [0.3, 0.4) is 0 Å². The van der Waals surface area contributed by atoms with Crippen molar-refractivity contribution in [2.24, 2.45) is 0 Å². The van der Waals surface area contributed by atoms with Crippen molar-refractivity contribution in [1.82, 2.24) is 9.78 Å². The van der Waals surface area contributed by atoms with Crippen molar-refractivity contribution in [2.45, 2.75) is 57.4 Å². The first-order valence-electron chi connectivity index (χ1n) is 7.89. The summed E-state index contributed by atoms with van der Waals surface area (Å²) in [7, 11) is 0. The predicted octanol–water partition coefficient (Wildman–Crippen LogP) is 4.19. The Morgan fingerprint density at radius 2 is 2.19 bits per heavy atom. The van der Waals surface area contributed by atoms with Crippen LogP contribution in [0.2, 0.25) is 0 Å². The summed E-state index contributed by atoms with van der Waals surface area (Å²) in [6.45, 7) is 0. The molecule has 1 aliphatic rings. The molecule has 2 heterocycles. The molecule has 2 aromatic heterocycles. The van der Waals surface area contributed by atoms with Gasteiger partial charge in [0.05, 0.1) is 18.2 Å². The van der Waals surface area contributed by atoms with Gasteiger partial charge in [-0.3, -0.25) is 9.48 Å². The largest absolute Gasteiger partial charge is 0.299 e. The minimum Gasteiger partial charge on any atom is -0.299 e. The summed E-state index contributed by atoms with van der Waals surface area (Å²) in [4.78, 5) is 13.4. The van der Waals surface area contributed by atoms with E-state index in [1.54, 1.807) is 11.3 Å². The van der Waals surface area contributed by atoms with E-state index in [0.29, 0.717) is 24.7 Å². The SMILES string of the molecule is O=C(CCCc1cccs1)Cc1ccn(C2CCCC2)n1. The first kappa shape index (κ1) is 14.5. The molecule has 2 aromatic rings. The van der Waals surface area contributed by atoms with E-state index >= 15 is 0 Å². The summed E-state index contributed by atoms with van der Waals surface area (Å²) in [6.07, 6.45) is 10.2. The van der Waals surface area contributed by atoms with Gasteiger partial charge in [-0.2, -0.15) is 5.10 Å². The van der Waals surface area contributed by atoms with E-state index in [1.165, 1.54) is 30.6 Å². The number of carbonyl (C=O) groups is 1. The zero-order valence-electron chi connectivity index (χ0n) is 12.3. The molecule has 0 saturated heterocycles. The standard InChI is InChI=1S/C17H22N2OS/c20-16(7-3-8-17-9-4-12-21-17)13-14-10-11-19(18-14)15-5-1-2-6-15/h4,9-12,15H,1-3,5-8,13H2. The molecule has 1 fully saturated rings. The molecule has 4 heteroatoms. The van der Waals surface area contributed by atoms with Crippen molar-refractivity contribution in [3.63, 3.8) is 0 Å². The van der Waals surface area contributed by atoms with Gasteiger partial charge in [0.2, 0.25) is 0 Å². The predicted molar refractivity (Wildman–Crippen MR) is 85.7 cm³/mol. The average Bonchev–Trinajstić information content (AvgIpc) is 3.21. The first-order valence-corrected chi connectivity index (χ1v) is 8.77. The van der Waals surface area contributed by atoms with Gasteiger partial charge in [0, 0.05) is 17.5 Å². The summed E-state index contributed by atoms with van der Waals surface area (Å²) >= 11 is 1.77. The highest BCUT2D eigenvalue weighted by Gasteiger charge is 2.18. The van der Waals surface area contributed by atoms with Gasteiger partial charge in [-0.15, -0.1) is 11.3 Å². The van der Waals surface area contributed by atoms with Crippen LogP contribution in [0.15, 0.2) is 29.8 Å². The topological polar surface area (TPSA) is 34.9 Å². The Morgan fingerprint density at radius 3 is 2.95 bits per heavy atom. The highest BCUT2D eigenvalue weighted by molar-refractivity contribution is 7.09. The maximum Gasteiger partial charge on any atom is 0.138 e. The molecule has 21 heavy (non-hydrogen) atoms. The molecule has 3 rings (SSSR count). The summed E-state index contributed by atoms with van der Waals surface area (Å²) in [6, 6.07) is 6.78. The van der Waals surface area contributed by atoms with Gasteiger partial charge in [-0.25, -0.2) is 0 Å². The molecule has 0 atom stereocenters. The maximum absolute atomic E-state index is 12.0. The van der Waals surface area contributed by atoms with Crippen LogP contribution in [-0.4, -0.2) is 15.6 Å². The van der Waals surface area contributed by atoms with Crippen molar-refractivity contribution >= 4 is 17.1 Å². The molecule has 0 bridgehead atoms. The summed E-state index contributed by atoms with van der Waals surface area (Å²) < 4.78 is 2.07. The van der Waals surface area contributed by atoms with Gasteiger partial charge in [0.25, 0.3) is 0 Å². The molecular weight excluding hydrogens is 280 g/mol. The first-order chi connectivity index (χ1) is 10.3. The molecule has 0 spiro atoms. The number of aromatic nitrogens is 2. The lowest BCUT2D eigenvalue weighted by atomic mass is 10.1. The minimum atomic E-state index is 0.309. The van der Waals surface area contributed by atoms with Gasteiger partial charge < -0.3 is 0 Å². The van der Waals surface area contributed by atoms with Crippen LogP contribution >= 0.6 is 11.3 Å². The molecule has 0 N–H and O–H groups in total. The monoisotopic (exact) mass is 302 g/mol. The van der Waals surface area contributed by atoms with Crippen LogP contribution in [0.4, 0.5) is 0 Å². The fourth-order valence-corrected chi connectivity index (χ4v) is 3.80. The van der Waals surface area contributed by atoms with E-state index in [-0.39, 0.29) is 0 Å². The Bertz CT molecular complexity index is 567. The van der Waals surface area contributed by atoms with E-state index in [0.717, 1.165) is 18.5 Å². The van der Waals surface area contributed by atoms with Crippen LogP contribution in [-0.2, 0) is 17.6 Å². The number of carbonyl (C=O) groups excluding carboxylic acids is 1. The molecule has 0 aromatic carbocycles. The van der Waals surface area contributed by atoms with Gasteiger partial charge in [-0.1, -0.05) is 18.9 Å². The fraction of sp³-hybridized carbons (Fsp3) is 0.529. The Hall–Kier alpha value is -1.42. The lowest BCUT2D eigenvalue weighted by Gasteiger charge is -2.08. The van der Waals surface area contributed by atoms with Crippen molar-refractivity contribution in [2.75, 3.05) is 0 Å². The molecule has 0 unspecified atom stereocenters. The highest BCUT2D eigenvalue weighted by Crippen LogP contribution is 2.28. The Kier molecular flexibility index (Phi) is 4.86. The van der Waals surface area contributed by atoms with Crippen molar-refractivity contribution < 1.29 is 4.79 Å². The number of hydrogen-bond donors (Lipinski definition) is 0. The number of aryl methyl sites for hydroxylation is 1. The van der Waals surface area contributed by atoms with Crippen molar-refractivity contribution in [1.29, 1.82) is 0 Å². The lowest BCUT2D eigenvalue weighted by Crippen LogP contribution is -2.08. The number of ketones is 1. The van der Waals surface area contributed by atoms with E-state index in [1.807, 2.05) is 12.3 Å². The normalized spacial score (nSPS) is 15.6. The van der Waals surface area contributed by atoms with Gasteiger partial charge >= 0.3 is 0 Å². The zero-order valence-corrected chi connectivity index (χ0v) is 13.1. The molecule has 3 nitrogen and oxygen atoms in total. The second kappa shape index (κ2) is 7.03. The number of nitrogens with zero attached hydrogens (tertiary/aromatic N) is 2. The van der Waals surface area contributed by atoms with E-state index in [2.05, 4.69) is 27.3 Å². The zero-order chi connectivity index (χ0) is 14.5. The number of rotatable bonds is 7. The lowest BCUT2D eigenvalue weighted by molar-refractivity contribution is -0.118. The van der Waals surface area contributed by atoms with Crippen LogP contribution in [0, 0.1) is 0 Å². The van der Waals surface area contributed by atoms with Gasteiger partial charge in [0.15, 0.2) is 0 Å². The Morgan fingerprint density at radius 1 is 1.33 bits per heavy atom. The van der Waals surface area contributed by atoms with Crippen molar-refractivity contribution in [3.05, 3.63) is 40.3 Å². The van der Waals surface area contributed by atoms with E-state index < -0.39 is 0 Å². The molecule has 112 valence electrons. The third-order valence-corrected chi connectivity index (χ3v) is 5.14. The Labute approximate surface area is 130 Å². The molecule has 0 radical (unpaired) electrons. The van der Waals surface area contributed by atoms with Crippen molar-refractivity contribution in [3.8, 4) is 0 Å². The smallest absolute Gasteiger partial charge is 0.138 e. The molecule has 1 aliphatic carbocycles. The summed E-state index contributed by atoms with van der Waals surface area (Å²) in [5.74, 6) is 0.309. The molecule has 1 saturated carbocycles. The quantitative estimate of drug-likeness (QED) is 0.768. The summed E-state index contributed by atoms with van der Waals surface area (Å²) in [5, 5.41) is 6.68. The van der Waals surface area contributed by atoms with Crippen LogP contribution in [0.25, 0.3) is 0 Å².